The monoisotopic (exact) mass is 371 g/mol. The highest BCUT2D eigenvalue weighted by molar-refractivity contribution is 6.90. The molecule has 0 bridgehead atoms. The molecule has 0 saturated carbocycles. The van der Waals surface area contributed by atoms with Crippen molar-refractivity contribution < 1.29 is 19.1 Å². The van der Waals surface area contributed by atoms with Gasteiger partial charge in [-0.05, 0) is 5.41 Å². The number of rotatable bonds is 6. The maximum Gasteiger partial charge on any atom is 0.328 e. The number of hydrogen-bond donors (Lipinski definition) is 1. The molecule has 0 aliphatic heterocycles. The van der Waals surface area contributed by atoms with Crippen molar-refractivity contribution in [3.63, 3.8) is 0 Å². The third kappa shape index (κ3) is 6.03. The second-order valence-electron chi connectivity index (χ2n) is 9.40. The van der Waals surface area contributed by atoms with E-state index in [1.807, 2.05) is 40.4 Å². The quantitative estimate of drug-likeness (QED) is 0.442. The highest BCUT2D eigenvalue weighted by Gasteiger charge is 2.44. The van der Waals surface area contributed by atoms with Gasteiger partial charge < -0.3 is 10.1 Å². The molecule has 0 heterocycles. The minimum absolute atomic E-state index is 0.264. The van der Waals surface area contributed by atoms with Crippen molar-refractivity contribution in [1.82, 2.24) is 5.32 Å². The summed E-state index contributed by atoms with van der Waals surface area (Å²) in [6.45, 7) is 17.9. The Morgan fingerprint density at radius 2 is 1.50 bits per heavy atom. The maximum atomic E-state index is 13.1. The molecule has 0 aliphatic carbocycles. The summed E-state index contributed by atoms with van der Waals surface area (Å²) >= 11 is 0. The maximum absolute atomic E-state index is 13.1. The first kappa shape index (κ1) is 22.8. The number of hydrogen-bond acceptors (Lipinski definition) is 4. The summed E-state index contributed by atoms with van der Waals surface area (Å²) in [6, 6.07) is -0.761. The molecular weight excluding hydrogens is 338 g/mol. The fourth-order valence-corrected chi connectivity index (χ4v) is 8.27. The summed E-state index contributed by atoms with van der Waals surface area (Å²) in [5, 5.41) is 3.44. The van der Waals surface area contributed by atoms with Gasteiger partial charge in [-0.15, -0.1) is 0 Å². The van der Waals surface area contributed by atoms with E-state index in [0.717, 1.165) is 0 Å². The Morgan fingerprint density at radius 3 is 1.75 bits per heavy atom. The van der Waals surface area contributed by atoms with E-state index in [4.69, 9.17) is 4.74 Å². The molecule has 0 aromatic rings. The highest BCUT2D eigenvalue weighted by atomic mass is 28.3. The first-order valence-corrected chi connectivity index (χ1v) is 15.3. The fraction of sp³-hybridized carbons (Fsp3) is 0.765. The first-order valence-electron chi connectivity index (χ1n) is 8.21. The number of ether oxygens (including phenoxy) is 1. The zero-order chi connectivity index (χ0) is 19.5. The van der Waals surface area contributed by atoms with Gasteiger partial charge in [-0.3, -0.25) is 4.79 Å². The van der Waals surface area contributed by atoms with Gasteiger partial charge in [0.05, 0.1) is 28.8 Å². The molecule has 7 heteroatoms. The van der Waals surface area contributed by atoms with E-state index in [0.29, 0.717) is 5.20 Å². The lowest BCUT2D eigenvalue weighted by Crippen LogP contribution is -2.54. The molecule has 0 saturated heterocycles. The SMILES string of the molecule is COC(=O)[C@@H](NC(=O)[C@H](C(=C=O)[Si](C)(C)C)[Si](C)(C)C)C(C)(C)C. The number of esters is 1. The molecule has 1 amide bonds. The van der Waals surface area contributed by atoms with Crippen molar-refractivity contribution in [2.24, 2.45) is 5.41 Å². The summed E-state index contributed by atoms with van der Waals surface area (Å²) in [5.74, 6) is 1.33. The lowest BCUT2D eigenvalue weighted by atomic mass is 9.86. The summed E-state index contributed by atoms with van der Waals surface area (Å²) in [5.41, 5.74) is -0.979. The number of methoxy groups -OCH3 is 1. The van der Waals surface area contributed by atoms with Crippen LogP contribution in [0, 0.1) is 5.41 Å². The van der Waals surface area contributed by atoms with E-state index in [9.17, 15) is 14.4 Å². The lowest BCUT2D eigenvalue weighted by Gasteiger charge is -2.36. The second kappa shape index (κ2) is 7.80. The topological polar surface area (TPSA) is 72.5 Å². The number of amides is 1. The van der Waals surface area contributed by atoms with Crippen LogP contribution in [-0.2, 0) is 19.1 Å². The summed E-state index contributed by atoms with van der Waals surface area (Å²) in [7, 11) is -2.74. The Bertz CT molecular complexity index is 532. The Kier molecular flexibility index (Phi) is 7.42. The van der Waals surface area contributed by atoms with Gasteiger partial charge in [0.1, 0.15) is 12.0 Å². The Labute approximate surface area is 148 Å². The molecule has 0 aromatic heterocycles. The molecule has 2 atom stereocenters. The van der Waals surface area contributed by atoms with Gasteiger partial charge in [0, 0.05) is 5.20 Å². The Morgan fingerprint density at radius 1 is 1.04 bits per heavy atom. The number of carbonyl (C=O) groups excluding carboxylic acids is 3. The van der Waals surface area contributed by atoms with Gasteiger partial charge in [0.25, 0.3) is 0 Å². The summed E-state index contributed by atoms with van der Waals surface area (Å²) in [6.07, 6.45) is 0. The smallest absolute Gasteiger partial charge is 0.328 e. The van der Waals surface area contributed by atoms with Crippen LogP contribution in [0.5, 0.6) is 0 Å². The van der Waals surface area contributed by atoms with E-state index in [2.05, 4.69) is 30.9 Å². The minimum Gasteiger partial charge on any atom is -0.467 e. The predicted molar refractivity (Wildman–Crippen MR) is 103 cm³/mol. The van der Waals surface area contributed by atoms with Gasteiger partial charge in [-0.1, -0.05) is 60.1 Å². The molecule has 0 fully saturated rings. The standard InChI is InChI=1S/C17H33NO4Si2/c1-17(2,3)14(16(21)22-4)18-15(20)13(24(8,9)10)12(11-19)23(5,6)7/h13-14H,1-10H3,(H,18,20)/t13-,14+/m0/s1. The average molecular weight is 372 g/mol. The molecular formula is C17H33NO4Si2. The second-order valence-corrected chi connectivity index (χ2v) is 19.7. The van der Waals surface area contributed by atoms with Crippen molar-refractivity contribution in [2.45, 2.75) is 71.6 Å². The van der Waals surface area contributed by atoms with Crippen molar-refractivity contribution in [1.29, 1.82) is 0 Å². The van der Waals surface area contributed by atoms with E-state index in [1.165, 1.54) is 7.11 Å². The van der Waals surface area contributed by atoms with Gasteiger partial charge in [-0.2, -0.15) is 0 Å². The van der Waals surface area contributed by atoms with Crippen LogP contribution in [0.3, 0.4) is 0 Å². The van der Waals surface area contributed by atoms with Crippen LogP contribution in [-0.4, -0.2) is 47.1 Å². The van der Waals surface area contributed by atoms with Gasteiger partial charge in [0.15, 0.2) is 0 Å². The summed E-state index contributed by atoms with van der Waals surface area (Å²) < 4.78 is 4.84. The van der Waals surface area contributed by atoms with Gasteiger partial charge in [-0.25, -0.2) is 9.59 Å². The minimum atomic E-state index is -2.04. The highest BCUT2D eigenvalue weighted by Crippen LogP contribution is 2.35. The van der Waals surface area contributed by atoms with E-state index >= 15 is 0 Å². The molecule has 5 nitrogen and oxygen atoms in total. The predicted octanol–water partition coefficient (Wildman–Crippen LogP) is 3.03. The molecule has 0 rings (SSSR count). The fourth-order valence-electron chi connectivity index (χ4n) is 2.57. The van der Waals surface area contributed by atoms with Crippen molar-refractivity contribution >= 4 is 34.0 Å². The van der Waals surface area contributed by atoms with Gasteiger partial charge in [0.2, 0.25) is 5.91 Å². The molecule has 0 unspecified atom stereocenters. The number of carbonyl (C=O) groups is 2. The summed E-state index contributed by atoms with van der Waals surface area (Å²) in [4.78, 5) is 36.8. The number of nitrogens with one attached hydrogen (secondary N) is 1. The first-order chi connectivity index (χ1) is 10.6. The van der Waals surface area contributed by atoms with E-state index in [1.54, 1.807) is 0 Å². The zero-order valence-corrected chi connectivity index (χ0v) is 18.8. The van der Waals surface area contributed by atoms with Crippen LogP contribution < -0.4 is 5.32 Å². The van der Waals surface area contributed by atoms with Crippen LogP contribution in [0.1, 0.15) is 20.8 Å². The molecule has 0 radical (unpaired) electrons. The third-order valence-electron chi connectivity index (χ3n) is 3.92. The van der Waals surface area contributed by atoms with Crippen LogP contribution in [0.2, 0.25) is 44.8 Å². The van der Waals surface area contributed by atoms with E-state index < -0.39 is 39.1 Å². The average Bonchev–Trinajstić information content (AvgIpc) is 2.36. The van der Waals surface area contributed by atoms with Gasteiger partial charge >= 0.3 is 5.97 Å². The van der Waals surface area contributed by atoms with Crippen LogP contribution >= 0.6 is 0 Å². The van der Waals surface area contributed by atoms with E-state index in [-0.39, 0.29) is 5.91 Å². The molecule has 138 valence electrons. The largest absolute Gasteiger partial charge is 0.467 e. The Balaban J connectivity index is 5.89. The molecule has 0 aliphatic rings. The molecule has 0 aromatic carbocycles. The van der Waals surface area contributed by atoms with Crippen molar-refractivity contribution in [3.05, 3.63) is 5.20 Å². The Hall–Kier alpha value is -1.18. The van der Waals surface area contributed by atoms with Crippen molar-refractivity contribution in [2.75, 3.05) is 7.11 Å². The third-order valence-corrected chi connectivity index (χ3v) is 8.50. The van der Waals surface area contributed by atoms with Crippen LogP contribution in [0.15, 0.2) is 5.20 Å². The van der Waals surface area contributed by atoms with Crippen molar-refractivity contribution in [3.8, 4) is 0 Å². The lowest BCUT2D eigenvalue weighted by molar-refractivity contribution is -0.148. The normalized spacial score (nSPS) is 15.1. The molecule has 24 heavy (non-hydrogen) atoms. The van der Waals surface area contributed by atoms with Crippen LogP contribution in [0.25, 0.3) is 0 Å². The molecule has 0 spiro atoms. The zero-order valence-electron chi connectivity index (χ0n) is 16.8. The van der Waals surface area contributed by atoms with Crippen LogP contribution in [0.4, 0.5) is 0 Å². The molecule has 1 N–H and O–H groups in total.